The molecule has 23 heavy (non-hydrogen) atoms. The third-order valence-electron chi connectivity index (χ3n) is 3.82. The van der Waals surface area contributed by atoms with E-state index in [9.17, 15) is 5.11 Å². The summed E-state index contributed by atoms with van der Waals surface area (Å²) < 4.78 is 10.4. The molecule has 2 rings (SSSR count). The molecule has 2 aromatic rings. The lowest BCUT2D eigenvalue weighted by molar-refractivity contribution is 0.189. The van der Waals surface area contributed by atoms with Crippen molar-refractivity contribution in [3.05, 3.63) is 65.7 Å². The van der Waals surface area contributed by atoms with Gasteiger partial charge >= 0.3 is 0 Å². The summed E-state index contributed by atoms with van der Waals surface area (Å²) in [7, 11) is 3.39. The average Bonchev–Trinajstić information content (AvgIpc) is 2.62. The molecule has 1 atom stereocenters. The molecule has 0 saturated heterocycles. The summed E-state index contributed by atoms with van der Waals surface area (Å²) in [5.74, 6) is 0. The van der Waals surface area contributed by atoms with Crippen molar-refractivity contribution in [3.8, 4) is 0 Å². The molecule has 1 N–H and O–H groups in total. The second-order valence-electron chi connectivity index (χ2n) is 5.34. The summed E-state index contributed by atoms with van der Waals surface area (Å²) in [5.41, 5.74) is 2.79. The highest BCUT2D eigenvalue weighted by molar-refractivity contribution is 5.56. The Morgan fingerprint density at radius 2 is 1.43 bits per heavy atom. The summed E-state index contributed by atoms with van der Waals surface area (Å²) in [6, 6.07) is 17.7. The van der Waals surface area contributed by atoms with Gasteiger partial charge < -0.3 is 19.5 Å². The zero-order valence-electron chi connectivity index (χ0n) is 13.8. The number of nitrogens with zero attached hydrogens (tertiary/aromatic N) is 1. The van der Waals surface area contributed by atoms with Crippen molar-refractivity contribution in [2.24, 2.45) is 0 Å². The van der Waals surface area contributed by atoms with Crippen LogP contribution in [-0.2, 0) is 9.47 Å². The minimum atomic E-state index is -0.653. The first-order valence-corrected chi connectivity index (χ1v) is 7.82. The van der Waals surface area contributed by atoms with Gasteiger partial charge in [-0.25, -0.2) is 0 Å². The zero-order chi connectivity index (χ0) is 16.5. The van der Waals surface area contributed by atoms with E-state index in [-0.39, 0.29) is 0 Å². The lowest BCUT2D eigenvalue weighted by Gasteiger charge is -2.28. The number of hydrogen-bond donors (Lipinski definition) is 1. The van der Waals surface area contributed by atoms with Gasteiger partial charge in [0.15, 0.2) is 0 Å². The van der Waals surface area contributed by atoms with E-state index in [1.165, 1.54) is 0 Å². The molecule has 0 radical (unpaired) electrons. The fourth-order valence-electron chi connectivity index (χ4n) is 2.58. The van der Waals surface area contributed by atoms with Crippen LogP contribution < -0.4 is 4.90 Å². The number of ether oxygens (including phenoxy) is 2. The lowest BCUT2D eigenvalue weighted by Crippen LogP contribution is -2.31. The number of rotatable bonds is 9. The summed E-state index contributed by atoms with van der Waals surface area (Å²) in [6.45, 7) is 2.75. The maximum absolute atomic E-state index is 10.8. The van der Waals surface area contributed by atoms with Gasteiger partial charge in [-0.1, -0.05) is 48.5 Å². The Hall–Kier alpha value is -1.88. The van der Waals surface area contributed by atoms with Crippen LogP contribution in [0.2, 0.25) is 0 Å². The highest BCUT2D eigenvalue weighted by atomic mass is 16.5. The number of hydrogen-bond acceptors (Lipinski definition) is 4. The van der Waals surface area contributed by atoms with Gasteiger partial charge in [0.05, 0.1) is 13.2 Å². The molecule has 0 heterocycles. The van der Waals surface area contributed by atoms with E-state index in [1.54, 1.807) is 14.2 Å². The normalized spacial score (nSPS) is 12.1. The smallest absolute Gasteiger partial charge is 0.106 e. The average molecular weight is 315 g/mol. The number of aliphatic hydroxyl groups is 1. The fraction of sp³-hybridized carbons (Fsp3) is 0.368. The number of aliphatic hydroxyl groups excluding tert-OH is 1. The van der Waals surface area contributed by atoms with E-state index in [4.69, 9.17) is 9.47 Å². The molecule has 1 unspecified atom stereocenters. The second-order valence-corrected chi connectivity index (χ2v) is 5.34. The minimum Gasteiger partial charge on any atom is -0.384 e. The van der Waals surface area contributed by atoms with Crippen molar-refractivity contribution >= 4 is 5.69 Å². The Morgan fingerprint density at radius 3 is 2.04 bits per heavy atom. The second kappa shape index (κ2) is 9.30. The molecule has 4 heteroatoms. The number of benzene rings is 2. The Balaban J connectivity index is 2.30. The van der Waals surface area contributed by atoms with Crippen molar-refractivity contribution in [2.45, 2.75) is 6.10 Å². The van der Waals surface area contributed by atoms with Crippen LogP contribution >= 0.6 is 0 Å². The van der Waals surface area contributed by atoms with Gasteiger partial charge in [-0.2, -0.15) is 0 Å². The zero-order valence-corrected chi connectivity index (χ0v) is 13.8. The van der Waals surface area contributed by atoms with Gasteiger partial charge in [-0.05, 0) is 11.6 Å². The molecule has 0 fully saturated rings. The molecule has 0 bridgehead atoms. The molecular weight excluding hydrogens is 290 g/mol. The molecule has 2 aromatic carbocycles. The molecule has 0 aliphatic heterocycles. The van der Waals surface area contributed by atoms with Crippen LogP contribution in [0.15, 0.2) is 54.6 Å². The topological polar surface area (TPSA) is 41.9 Å². The Labute approximate surface area is 138 Å². The van der Waals surface area contributed by atoms with Gasteiger partial charge in [0.2, 0.25) is 0 Å². The number of para-hydroxylation sites is 1. The Bertz CT molecular complexity index is 566. The summed E-state index contributed by atoms with van der Waals surface area (Å²) in [6.07, 6.45) is -0.653. The van der Waals surface area contributed by atoms with E-state index in [2.05, 4.69) is 4.90 Å². The predicted octanol–water partition coefficient (Wildman–Crippen LogP) is 2.87. The molecule has 124 valence electrons. The molecule has 0 aliphatic carbocycles. The number of methoxy groups -OCH3 is 2. The third kappa shape index (κ3) is 4.79. The predicted molar refractivity (Wildman–Crippen MR) is 92.9 cm³/mol. The van der Waals surface area contributed by atoms with Crippen molar-refractivity contribution in [3.63, 3.8) is 0 Å². The van der Waals surface area contributed by atoms with E-state index < -0.39 is 6.10 Å². The monoisotopic (exact) mass is 315 g/mol. The summed E-state index contributed by atoms with van der Waals surface area (Å²) >= 11 is 0. The van der Waals surface area contributed by atoms with E-state index in [0.717, 1.165) is 29.9 Å². The highest BCUT2D eigenvalue weighted by Gasteiger charge is 2.18. The molecule has 0 spiro atoms. The largest absolute Gasteiger partial charge is 0.384 e. The molecule has 4 nitrogen and oxygen atoms in total. The molecule has 0 aliphatic rings. The van der Waals surface area contributed by atoms with E-state index >= 15 is 0 Å². The van der Waals surface area contributed by atoms with Crippen LogP contribution in [0.25, 0.3) is 0 Å². The van der Waals surface area contributed by atoms with Crippen LogP contribution in [-0.4, -0.2) is 45.6 Å². The maximum Gasteiger partial charge on any atom is 0.106 e. The van der Waals surface area contributed by atoms with Crippen molar-refractivity contribution < 1.29 is 14.6 Å². The molecule has 0 amide bonds. The van der Waals surface area contributed by atoms with Gasteiger partial charge in [0.1, 0.15) is 6.10 Å². The minimum absolute atomic E-state index is 0.624. The molecule has 0 aromatic heterocycles. The standard InChI is InChI=1S/C19H25NO3/c1-22-14-12-20(13-15-23-2)18-11-7-6-10-17(18)19(21)16-8-4-3-5-9-16/h3-11,19,21H,12-15H2,1-2H3. The van der Waals surface area contributed by atoms with Crippen LogP contribution in [0.1, 0.15) is 17.2 Å². The van der Waals surface area contributed by atoms with Crippen LogP contribution in [0.5, 0.6) is 0 Å². The van der Waals surface area contributed by atoms with Gasteiger partial charge in [0, 0.05) is 38.6 Å². The van der Waals surface area contributed by atoms with Crippen molar-refractivity contribution in [2.75, 3.05) is 45.4 Å². The van der Waals surface area contributed by atoms with Crippen LogP contribution in [0.4, 0.5) is 5.69 Å². The fourth-order valence-corrected chi connectivity index (χ4v) is 2.58. The first-order valence-electron chi connectivity index (χ1n) is 7.82. The van der Waals surface area contributed by atoms with Gasteiger partial charge in [0.25, 0.3) is 0 Å². The molecular formula is C19H25NO3. The van der Waals surface area contributed by atoms with E-state index in [1.807, 2.05) is 54.6 Å². The van der Waals surface area contributed by atoms with Gasteiger partial charge in [-0.15, -0.1) is 0 Å². The quantitative estimate of drug-likeness (QED) is 0.772. The third-order valence-corrected chi connectivity index (χ3v) is 3.82. The Kier molecular flexibility index (Phi) is 7.07. The van der Waals surface area contributed by atoms with Gasteiger partial charge in [-0.3, -0.25) is 0 Å². The van der Waals surface area contributed by atoms with E-state index in [0.29, 0.717) is 13.2 Å². The van der Waals surface area contributed by atoms with Crippen molar-refractivity contribution in [1.82, 2.24) is 0 Å². The maximum atomic E-state index is 10.8. The van der Waals surface area contributed by atoms with Crippen LogP contribution in [0, 0.1) is 0 Å². The lowest BCUT2D eigenvalue weighted by atomic mass is 9.99. The Morgan fingerprint density at radius 1 is 0.870 bits per heavy atom. The van der Waals surface area contributed by atoms with Crippen LogP contribution in [0.3, 0.4) is 0 Å². The SMILES string of the molecule is COCCN(CCOC)c1ccccc1C(O)c1ccccc1. The first kappa shape index (κ1) is 17.5. The highest BCUT2D eigenvalue weighted by Crippen LogP contribution is 2.30. The first-order chi connectivity index (χ1) is 11.3. The summed E-state index contributed by atoms with van der Waals surface area (Å²) in [4.78, 5) is 2.19. The molecule has 0 saturated carbocycles. The summed E-state index contributed by atoms with van der Waals surface area (Å²) in [5, 5.41) is 10.8. The number of anilines is 1. The van der Waals surface area contributed by atoms with Crippen molar-refractivity contribution in [1.29, 1.82) is 0 Å².